The molecule has 0 bridgehead atoms. The second-order valence-corrected chi connectivity index (χ2v) is 4.43. The van der Waals surface area contributed by atoms with Gasteiger partial charge in [0.1, 0.15) is 12.3 Å². The van der Waals surface area contributed by atoms with Crippen LogP contribution in [0.3, 0.4) is 0 Å². The van der Waals surface area contributed by atoms with E-state index in [1.807, 2.05) is 0 Å². The van der Waals surface area contributed by atoms with Crippen LogP contribution < -0.4 is 0 Å². The number of aromatic hydroxyl groups is 1. The van der Waals surface area contributed by atoms with Crippen molar-refractivity contribution in [1.82, 2.24) is 4.90 Å². The van der Waals surface area contributed by atoms with Gasteiger partial charge in [0.2, 0.25) is 0 Å². The summed E-state index contributed by atoms with van der Waals surface area (Å²) in [6.07, 6.45) is -4.51. The maximum absolute atomic E-state index is 12.4. The van der Waals surface area contributed by atoms with Crippen LogP contribution >= 0.6 is 11.6 Å². The first kappa shape index (κ1) is 15.6. The lowest BCUT2D eigenvalue weighted by atomic mass is 10.1. The third-order valence-electron chi connectivity index (χ3n) is 2.39. The van der Waals surface area contributed by atoms with Gasteiger partial charge in [0.25, 0.3) is 5.91 Å². The van der Waals surface area contributed by atoms with E-state index >= 15 is 0 Å². The zero-order chi connectivity index (χ0) is 14.6. The van der Waals surface area contributed by atoms with Crippen molar-refractivity contribution in [2.24, 2.45) is 0 Å². The highest BCUT2D eigenvalue weighted by molar-refractivity contribution is 6.18. The van der Waals surface area contributed by atoms with E-state index in [4.69, 9.17) is 11.6 Å². The van der Waals surface area contributed by atoms with Crippen LogP contribution in [-0.2, 0) is 0 Å². The van der Waals surface area contributed by atoms with E-state index in [-0.39, 0.29) is 23.7 Å². The standard InChI is InChI=1S/C12H13ClF3NO2/c1-8-2-3-10(18)9(6-8)11(19)17(5-4-13)7-12(14,15)16/h2-3,6,18H,4-5,7H2,1H3. The molecule has 3 nitrogen and oxygen atoms in total. The molecule has 1 aromatic carbocycles. The molecule has 0 aromatic heterocycles. The molecule has 0 unspecified atom stereocenters. The van der Waals surface area contributed by atoms with Crippen molar-refractivity contribution in [3.8, 4) is 5.75 Å². The normalized spacial score (nSPS) is 11.4. The molecule has 1 N–H and O–H groups in total. The smallest absolute Gasteiger partial charge is 0.406 e. The molecule has 1 amide bonds. The molecule has 0 saturated heterocycles. The van der Waals surface area contributed by atoms with E-state index in [1.54, 1.807) is 13.0 Å². The van der Waals surface area contributed by atoms with Crippen LogP contribution in [0.25, 0.3) is 0 Å². The van der Waals surface area contributed by atoms with Gasteiger partial charge in [-0.1, -0.05) is 11.6 Å². The van der Waals surface area contributed by atoms with Crippen LogP contribution in [-0.4, -0.2) is 41.1 Å². The summed E-state index contributed by atoms with van der Waals surface area (Å²) in [6, 6.07) is 4.17. The molecule has 1 aromatic rings. The minimum Gasteiger partial charge on any atom is -0.507 e. The average Bonchev–Trinajstić information content (AvgIpc) is 2.29. The van der Waals surface area contributed by atoms with Gasteiger partial charge in [0, 0.05) is 12.4 Å². The third-order valence-corrected chi connectivity index (χ3v) is 2.56. The van der Waals surface area contributed by atoms with Crippen molar-refractivity contribution in [3.63, 3.8) is 0 Å². The molecule has 7 heteroatoms. The number of phenols is 1. The van der Waals surface area contributed by atoms with Gasteiger partial charge < -0.3 is 10.0 Å². The van der Waals surface area contributed by atoms with Crippen LogP contribution in [0.4, 0.5) is 13.2 Å². The Morgan fingerprint density at radius 2 is 2.05 bits per heavy atom. The van der Waals surface area contributed by atoms with Gasteiger partial charge in [-0.3, -0.25) is 4.79 Å². The number of hydrogen-bond acceptors (Lipinski definition) is 2. The predicted molar refractivity (Wildman–Crippen MR) is 65.5 cm³/mol. The monoisotopic (exact) mass is 295 g/mol. The first-order valence-electron chi connectivity index (χ1n) is 5.46. The summed E-state index contributed by atoms with van der Waals surface area (Å²) in [6.45, 7) is 0.0328. The van der Waals surface area contributed by atoms with E-state index in [0.29, 0.717) is 10.5 Å². The van der Waals surface area contributed by atoms with Crippen molar-refractivity contribution in [3.05, 3.63) is 29.3 Å². The highest BCUT2D eigenvalue weighted by Gasteiger charge is 2.33. The van der Waals surface area contributed by atoms with Crippen LogP contribution in [0.5, 0.6) is 5.75 Å². The fraction of sp³-hybridized carbons (Fsp3) is 0.417. The Bertz CT molecular complexity index is 463. The number of hydrogen-bond donors (Lipinski definition) is 1. The Hall–Kier alpha value is -1.43. The second kappa shape index (κ2) is 6.14. The van der Waals surface area contributed by atoms with Gasteiger partial charge in [0.05, 0.1) is 5.56 Å². The van der Waals surface area contributed by atoms with Gasteiger partial charge in [-0.05, 0) is 19.1 Å². The van der Waals surface area contributed by atoms with Crippen molar-refractivity contribution in [1.29, 1.82) is 0 Å². The molecule has 19 heavy (non-hydrogen) atoms. The zero-order valence-corrected chi connectivity index (χ0v) is 10.9. The Kier molecular flexibility index (Phi) is 5.05. The molecular formula is C12H13ClF3NO2. The Morgan fingerprint density at radius 3 is 2.58 bits per heavy atom. The summed E-state index contributed by atoms with van der Waals surface area (Å²) in [4.78, 5) is 12.6. The molecule has 1 rings (SSSR count). The highest BCUT2D eigenvalue weighted by Crippen LogP contribution is 2.23. The van der Waals surface area contributed by atoms with Crippen LogP contribution in [0, 0.1) is 6.92 Å². The van der Waals surface area contributed by atoms with Crippen LogP contribution in [0.15, 0.2) is 18.2 Å². The predicted octanol–water partition coefficient (Wildman–Crippen LogP) is 2.94. The Morgan fingerprint density at radius 1 is 1.42 bits per heavy atom. The first-order chi connectivity index (χ1) is 8.74. The molecule has 0 aliphatic heterocycles. The molecule has 0 atom stereocenters. The van der Waals surface area contributed by atoms with E-state index < -0.39 is 18.6 Å². The summed E-state index contributed by atoms with van der Waals surface area (Å²) < 4.78 is 37.2. The summed E-state index contributed by atoms with van der Waals surface area (Å²) in [7, 11) is 0. The van der Waals surface area contributed by atoms with Gasteiger partial charge in [0.15, 0.2) is 0 Å². The lowest BCUT2D eigenvalue weighted by molar-refractivity contribution is -0.140. The number of benzene rings is 1. The van der Waals surface area contributed by atoms with Gasteiger partial charge >= 0.3 is 6.18 Å². The molecule has 0 heterocycles. The molecule has 0 aliphatic rings. The molecular weight excluding hydrogens is 283 g/mol. The number of carbonyl (C=O) groups excluding carboxylic acids is 1. The van der Waals surface area contributed by atoms with Crippen LogP contribution in [0.2, 0.25) is 0 Å². The molecule has 0 spiro atoms. The summed E-state index contributed by atoms with van der Waals surface area (Å²) in [5, 5.41) is 9.56. The van der Waals surface area contributed by atoms with Gasteiger partial charge in [-0.25, -0.2) is 0 Å². The van der Waals surface area contributed by atoms with Crippen LogP contribution in [0.1, 0.15) is 15.9 Å². The number of phenolic OH excluding ortho intramolecular Hbond substituents is 1. The number of carbonyl (C=O) groups is 1. The lowest BCUT2D eigenvalue weighted by Crippen LogP contribution is -2.40. The average molecular weight is 296 g/mol. The molecule has 0 saturated carbocycles. The summed E-state index contributed by atoms with van der Waals surface area (Å²) in [5.41, 5.74) is 0.508. The number of rotatable bonds is 4. The molecule has 0 aliphatic carbocycles. The molecule has 0 radical (unpaired) electrons. The van der Waals surface area contributed by atoms with Gasteiger partial charge in [-0.2, -0.15) is 13.2 Å². The number of halogens is 4. The van der Waals surface area contributed by atoms with E-state index in [2.05, 4.69) is 0 Å². The summed E-state index contributed by atoms with van der Waals surface area (Å²) in [5.74, 6) is -1.36. The fourth-order valence-electron chi connectivity index (χ4n) is 1.56. The van der Waals surface area contributed by atoms with Crippen molar-refractivity contribution in [2.75, 3.05) is 19.0 Å². The maximum atomic E-state index is 12.4. The summed E-state index contributed by atoms with van der Waals surface area (Å²) >= 11 is 5.40. The van der Waals surface area contributed by atoms with Crippen molar-refractivity contribution >= 4 is 17.5 Å². The third kappa shape index (κ3) is 4.63. The SMILES string of the molecule is Cc1ccc(O)c(C(=O)N(CCCl)CC(F)(F)F)c1. The Labute approximate surface area is 113 Å². The molecule has 0 fully saturated rings. The second-order valence-electron chi connectivity index (χ2n) is 4.05. The quantitative estimate of drug-likeness (QED) is 0.868. The lowest BCUT2D eigenvalue weighted by Gasteiger charge is -2.23. The largest absolute Gasteiger partial charge is 0.507 e. The maximum Gasteiger partial charge on any atom is 0.406 e. The number of aryl methyl sites for hydroxylation is 1. The van der Waals surface area contributed by atoms with Crippen molar-refractivity contribution in [2.45, 2.75) is 13.1 Å². The highest BCUT2D eigenvalue weighted by atomic mass is 35.5. The van der Waals surface area contributed by atoms with E-state index in [9.17, 15) is 23.1 Å². The Balaban J connectivity index is 3.02. The topological polar surface area (TPSA) is 40.5 Å². The number of nitrogens with zero attached hydrogens (tertiary/aromatic N) is 1. The van der Waals surface area contributed by atoms with Crippen molar-refractivity contribution < 1.29 is 23.1 Å². The minimum absolute atomic E-state index is 0.117. The van der Waals surface area contributed by atoms with E-state index in [0.717, 1.165) is 0 Å². The van der Waals surface area contributed by atoms with E-state index in [1.165, 1.54) is 12.1 Å². The van der Waals surface area contributed by atoms with Gasteiger partial charge in [-0.15, -0.1) is 11.6 Å². The minimum atomic E-state index is -4.51. The fourth-order valence-corrected chi connectivity index (χ4v) is 1.77. The number of amides is 1. The molecule has 106 valence electrons. The number of alkyl halides is 4. The zero-order valence-electron chi connectivity index (χ0n) is 10.2. The first-order valence-corrected chi connectivity index (χ1v) is 5.99.